The van der Waals surface area contributed by atoms with E-state index in [1.807, 2.05) is 4.72 Å². The van der Waals surface area contributed by atoms with Gasteiger partial charge in [0.2, 0.25) is 0 Å². The Morgan fingerprint density at radius 3 is 2.15 bits per heavy atom. The Bertz CT molecular complexity index is 2140. The Morgan fingerprint density at radius 2 is 1.57 bits per heavy atom. The van der Waals surface area contributed by atoms with Crippen LogP contribution >= 0.6 is 0 Å². The Labute approximate surface area is 258 Å². The summed E-state index contributed by atoms with van der Waals surface area (Å²) in [5.41, 5.74) is -1.73. The van der Waals surface area contributed by atoms with Crippen molar-refractivity contribution >= 4 is 27.6 Å². The van der Waals surface area contributed by atoms with Crippen LogP contribution < -0.4 is 21.3 Å². The van der Waals surface area contributed by atoms with Gasteiger partial charge in [-0.15, -0.1) is 5.10 Å². The van der Waals surface area contributed by atoms with Crippen LogP contribution in [-0.2, 0) is 28.3 Å². The number of sulfonamides is 1. The van der Waals surface area contributed by atoms with Gasteiger partial charge in [0.1, 0.15) is 23.2 Å². The van der Waals surface area contributed by atoms with Crippen LogP contribution in [0.4, 0.5) is 14.5 Å². The Kier molecular flexibility index (Phi) is 8.59. The minimum atomic E-state index is -4.30. The second-order valence-corrected chi connectivity index (χ2v) is 11.6. The molecule has 0 saturated carbocycles. The molecule has 17 heteroatoms. The van der Waals surface area contributed by atoms with Crippen LogP contribution in [0.3, 0.4) is 0 Å². The third-order valence-corrected chi connectivity index (χ3v) is 8.14. The molecule has 2 heterocycles. The minimum Gasteiger partial charge on any atom is -0.480 e. The van der Waals surface area contributed by atoms with Gasteiger partial charge < -0.3 is 15.0 Å². The number of aliphatic carboxylic acids is 1. The smallest absolute Gasteiger partial charge is 0.335 e. The summed E-state index contributed by atoms with van der Waals surface area (Å²) in [7, 11) is -2.84. The number of carbonyl (C=O) groups excluding carboxylic acids is 1. The first-order chi connectivity index (χ1) is 21.8. The molecule has 0 bridgehead atoms. The van der Waals surface area contributed by atoms with Crippen LogP contribution in [-0.4, -0.2) is 55.6 Å². The average molecular weight is 652 g/mol. The molecular weight excluding hydrogens is 628 g/mol. The van der Waals surface area contributed by atoms with Crippen molar-refractivity contribution in [3.8, 4) is 11.4 Å². The zero-order chi connectivity index (χ0) is 33.2. The molecule has 1 atom stereocenters. The summed E-state index contributed by atoms with van der Waals surface area (Å²) in [6.07, 6.45) is 3.97. The molecule has 3 aromatic carbocycles. The van der Waals surface area contributed by atoms with Crippen molar-refractivity contribution in [2.75, 3.05) is 4.72 Å². The predicted octanol–water partition coefficient (Wildman–Crippen LogP) is 1.62. The fraction of sp³-hybridized carbons (Fsp3) is 0.103. The molecule has 1 amide bonds. The van der Waals surface area contributed by atoms with E-state index >= 15 is 0 Å². The normalized spacial score (nSPS) is 12.0. The fourth-order valence-corrected chi connectivity index (χ4v) is 5.48. The number of hydrogen-bond donors (Lipinski definition) is 3. The van der Waals surface area contributed by atoms with E-state index in [0.29, 0.717) is 23.4 Å². The van der Waals surface area contributed by atoms with E-state index in [2.05, 4.69) is 15.6 Å². The van der Waals surface area contributed by atoms with Gasteiger partial charge in [-0.25, -0.2) is 36.0 Å². The number of carboxylic acids is 1. The molecule has 0 fully saturated rings. The Morgan fingerprint density at radius 1 is 0.935 bits per heavy atom. The maximum atomic E-state index is 15.0. The van der Waals surface area contributed by atoms with Gasteiger partial charge >= 0.3 is 11.7 Å². The lowest BCUT2D eigenvalue weighted by Crippen LogP contribution is -2.43. The zero-order valence-electron chi connectivity index (χ0n) is 23.7. The lowest BCUT2D eigenvalue weighted by atomic mass is 10.0. The largest absolute Gasteiger partial charge is 0.480 e. The molecule has 46 heavy (non-hydrogen) atoms. The lowest BCUT2D eigenvalue weighted by molar-refractivity contribution is -0.139. The van der Waals surface area contributed by atoms with Gasteiger partial charge in [0.15, 0.2) is 0 Å². The number of halogens is 2. The molecule has 3 N–H and O–H groups in total. The highest BCUT2D eigenvalue weighted by Gasteiger charge is 2.26. The number of carbonyl (C=O) groups is 2. The molecule has 0 aliphatic rings. The summed E-state index contributed by atoms with van der Waals surface area (Å²) < 4.78 is 61.1. The number of aryl methyl sites for hydroxylation is 1. The van der Waals surface area contributed by atoms with Crippen molar-refractivity contribution in [1.29, 1.82) is 0 Å². The van der Waals surface area contributed by atoms with Crippen LogP contribution in [0.1, 0.15) is 15.9 Å². The number of hydrogen-bond acceptors (Lipinski definition) is 8. The third-order valence-electron chi connectivity index (χ3n) is 6.75. The number of amides is 1. The van der Waals surface area contributed by atoms with E-state index in [1.165, 1.54) is 83.3 Å². The molecule has 0 saturated heterocycles. The average Bonchev–Trinajstić information content (AvgIpc) is 3.54. The SMILES string of the molecule is Cn1ccc(=O)n(-c2ccc(C[C@H](NC(=O)c3c(F)cc(NS(=O)(=O)c4ccc(-n5ccnn5)cc4)cc3F)C(=O)O)cc2)c1=O. The molecule has 5 aromatic rings. The first-order valence-electron chi connectivity index (χ1n) is 13.2. The van der Waals surface area contributed by atoms with E-state index in [9.17, 15) is 41.5 Å². The summed E-state index contributed by atoms with van der Waals surface area (Å²) in [5.74, 6) is -5.79. The zero-order valence-corrected chi connectivity index (χ0v) is 24.5. The maximum absolute atomic E-state index is 15.0. The highest BCUT2D eigenvalue weighted by molar-refractivity contribution is 7.92. The molecule has 0 spiro atoms. The molecule has 0 aliphatic carbocycles. The van der Waals surface area contributed by atoms with Crippen LogP contribution in [0.2, 0.25) is 0 Å². The van der Waals surface area contributed by atoms with Gasteiger partial charge in [-0.2, -0.15) is 0 Å². The van der Waals surface area contributed by atoms with Gasteiger partial charge in [-0.3, -0.25) is 14.3 Å². The van der Waals surface area contributed by atoms with Crippen molar-refractivity contribution in [3.05, 3.63) is 129 Å². The van der Waals surface area contributed by atoms with Gasteiger partial charge in [0, 0.05) is 25.7 Å². The molecule has 14 nitrogen and oxygen atoms in total. The second-order valence-electron chi connectivity index (χ2n) is 9.88. The Hall–Kier alpha value is -5.97. The molecule has 0 unspecified atom stereocenters. The van der Waals surface area contributed by atoms with E-state index in [-0.39, 0.29) is 17.0 Å². The van der Waals surface area contributed by atoms with Crippen molar-refractivity contribution in [1.82, 2.24) is 29.4 Å². The number of carboxylic acid groups (broad SMARTS) is 1. The molecule has 0 radical (unpaired) electrons. The number of rotatable bonds is 10. The monoisotopic (exact) mass is 651 g/mol. The maximum Gasteiger partial charge on any atom is 0.335 e. The van der Waals surface area contributed by atoms with E-state index in [1.54, 1.807) is 6.20 Å². The van der Waals surface area contributed by atoms with Crippen molar-refractivity contribution in [2.24, 2.45) is 7.05 Å². The van der Waals surface area contributed by atoms with Gasteiger partial charge in [0.05, 0.1) is 34.4 Å². The van der Waals surface area contributed by atoms with Gasteiger partial charge in [0.25, 0.3) is 21.5 Å². The van der Waals surface area contributed by atoms with Crippen LogP contribution in [0.5, 0.6) is 0 Å². The quantitative estimate of drug-likeness (QED) is 0.202. The van der Waals surface area contributed by atoms with E-state index in [0.717, 1.165) is 4.57 Å². The lowest BCUT2D eigenvalue weighted by Gasteiger charge is -2.16. The molecule has 2 aromatic heterocycles. The summed E-state index contributed by atoms with van der Waals surface area (Å²) in [6.45, 7) is 0. The number of nitrogens with zero attached hydrogens (tertiary/aromatic N) is 5. The number of benzene rings is 3. The summed E-state index contributed by atoms with van der Waals surface area (Å²) in [5, 5.41) is 19.2. The number of aromatic nitrogens is 5. The van der Waals surface area contributed by atoms with Crippen LogP contribution in [0.25, 0.3) is 11.4 Å². The van der Waals surface area contributed by atoms with Gasteiger partial charge in [-0.05, 0) is 54.1 Å². The van der Waals surface area contributed by atoms with E-state index < -0.39 is 62.1 Å². The van der Waals surface area contributed by atoms with Crippen molar-refractivity contribution < 1.29 is 31.9 Å². The molecule has 0 aliphatic heterocycles. The van der Waals surface area contributed by atoms with E-state index in [4.69, 9.17) is 0 Å². The van der Waals surface area contributed by atoms with Crippen LogP contribution in [0.15, 0.2) is 99.8 Å². The van der Waals surface area contributed by atoms with Crippen molar-refractivity contribution in [2.45, 2.75) is 17.4 Å². The summed E-state index contributed by atoms with van der Waals surface area (Å²) in [6, 6.07) is 11.8. The highest BCUT2D eigenvalue weighted by Crippen LogP contribution is 2.23. The topological polar surface area (TPSA) is 187 Å². The summed E-state index contributed by atoms with van der Waals surface area (Å²) >= 11 is 0. The standard InChI is InChI=1S/C29H23F2N7O7S/c1-36-12-10-25(39)38(29(36)43)20-4-2-17(3-5-20)14-24(28(41)42)33-27(40)26-22(30)15-18(16-23(26)31)34-46(44,45)21-8-6-19(7-9-21)37-13-11-32-35-37/h2-13,15-16,24,34H,14H2,1H3,(H,33,40)(H,41,42)/t24-/m0/s1. The first-order valence-corrected chi connectivity index (χ1v) is 14.7. The molecule has 5 rings (SSSR count). The third kappa shape index (κ3) is 6.58. The number of anilines is 1. The molecule has 236 valence electrons. The molecular formula is C29H23F2N7O7S. The van der Waals surface area contributed by atoms with Crippen molar-refractivity contribution in [3.63, 3.8) is 0 Å². The second kappa shape index (κ2) is 12.6. The highest BCUT2D eigenvalue weighted by atomic mass is 32.2. The minimum absolute atomic E-state index is 0.217. The first kappa shape index (κ1) is 31.5. The van der Waals surface area contributed by atoms with Crippen LogP contribution in [0, 0.1) is 11.6 Å². The number of nitrogens with one attached hydrogen (secondary N) is 2. The fourth-order valence-electron chi connectivity index (χ4n) is 4.44. The Balaban J connectivity index is 1.30. The van der Waals surface area contributed by atoms with Gasteiger partial charge in [-0.1, -0.05) is 17.3 Å². The summed E-state index contributed by atoms with van der Waals surface area (Å²) in [4.78, 5) is 49.0. The predicted molar refractivity (Wildman–Crippen MR) is 158 cm³/mol.